The van der Waals surface area contributed by atoms with Gasteiger partial charge in [-0.05, 0) is 41.6 Å². The highest BCUT2D eigenvalue weighted by Crippen LogP contribution is 2.34. The lowest BCUT2D eigenvalue weighted by Crippen LogP contribution is -2.39. The SMILES string of the molecule is Cc1cc(C2=CCN(c3cnn(Cc4ccc(C(F)(F)F)s4)c(=O)n3)CC2O)cs1. The first-order valence-electron chi connectivity index (χ1n) is 8.99. The van der Waals surface area contributed by atoms with Crippen molar-refractivity contribution in [3.63, 3.8) is 0 Å². The highest BCUT2D eigenvalue weighted by Gasteiger charge is 2.32. The zero-order valence-corrected chi connectivity index (χ0v) is 17.4. The van der Waals surface area contributed by atoms with Crippen molar-refractivity contribution in [3.8, 4) is 0 Å². The number of aryl methyl sites for hydroxylation is 1. The maximum atomic E-state index is 12.7. The molecule has 1 aliphatic rings. The van der Waals surface area contributed by atoms with Crippen molar-refractivity contribution < 1.29 is 18.3 Å². The number of aliphatic hydroxyl groups excluding tert-OH is 1. The summed E-state index contributed by atoms with van der Waals surface area (Å²) in [4.78, 5) is 18.9. The fraction of sp³-hybridized carbons (Fsp3) is 0.316. The van der Waals surface area contributed by atoms with Crippen LogP contribution in [0.2, 0.25) is 0 Å². The number of alkyl halides is 3. The number of aliphatic hydroxyl groups is 1. The fourth-order valence-electron chi connectivity index (χ4n) is 3.20. The Morgan fingerprint density at radius 1 is 1.33 bits per heavy atom. The zero-order valence-electron chi connectivity index (χ0n) is 15.8. The van der Waals surface area contributed by atoms with E-state index in [9.17, 15) is 23.1 Å². The van der Waals surface area contributed by atoms with Gasteiger partial charge in [-0.1, -0.05) is 6.08 Å². The summed E-state index contributed by atoms with van der Waals surface area (Å²) in [6.45, 7) is 2.63. The Morgan fingerprint density at radius 2 is 2.13 bits per heavy atom. The third kappa shape index (κ3) is 4.32. The number of hydrogen-bond donors (Lipinski definition) is 1. The third-order valence-corrected chi connectivity index (χ3v) is 6.64. The zero-order chi connectivity index (χ0) is 21.5. The van der Waals surface area contributed by atoms with Crippen LogP contribution in [0.4, 0.5) is 19.0 Å². The molecule has 6 nitrogen and oxygen atoms in total. The Bertz CT molecular complexity index is 1150. The van der Waals surface area contributed by atoms with Crippen LogP contribution in [0.1, 0.15) is 20.2 Å². The lowest BCUT2D eigenvalue weighted by molar-refractivity contribution is -0.134. The van der Waals surface area contributed by atoms with Gasteiger partial charge in [0.2, 0.25) is 0 Å². The molecule has 0 fully saturated rings. The monoisotopic (exact) mass is 454 g/mol. The molecule has 1 aliphatic heterocycles. The van der Waals surface area contributed by atoms with Gasteiger partial charge < -0.3 is 10.0 Å². The molecule has 1 N–H and O–H groups in total. The molecule has 4 rings (SSSR count). The van der Waals surface area contributed by atoms with Gasteiger partial charge in [-0.15, -0.1) is 22.7 Å². The van der Waals surface area contributed by atoms with Crippen LogP contribution in [0, 0.1) is 6.92 Å². The van der Waals surface area contributed by atoms with E-state index in [1.165, 1.54) is 12.3 Å². The molecule has 0 saturated heterocycles. The van der Waals surface area contributed by atoms with Crippen LogP contribution in [0.15, 0.2) is 40.6 Å². The van der Waals surface area contributed by atoms with Gasteiger partial charge in [0.05, 0.1) is 18.8 Å². The van der Waals surface area contributed by atoms with Crippen molar-refractivity contribution in [1.29, 1.82) is 0 Å². The third-order valence-electron chi connectivity index (χ3n) is 4.66. The first-order valence-corrected chi connectivity index (χ1v) is 10.7. The van der Waals surface area contributed by atoms with Crippen LogP contribution in [-0.2, 0) is 12.7 Å². The first kappa shape index (κ1) is 20.8. The maximum absolute atomic E-state index is 12.7. The highest BCUT2D eigenvalue weighted by molar-refractivity contribution is 7.12. The van der Waals surface area contributed by atoms with Crippen LogP contribution in [0.25, 0.3) is 5.57 Å². The van der Waals surface area contributed by atoms with Crippen LogP contribution >= 0.6 is 22.7 Å². The van der Waals surface area contributed by atoms with E-state index < -0.39 is 22.8 Å². The molecule has 4 heterocycles. The van der Waals surface area contributed by atoms with Gasteiger partial charge in [-0.2, -0.15) is 23.3 Å². The largest absolute Gasteiger partial charge is 0.425 e. The second kappa shape index (κ2) is 7.97. The number of aromatic nitrogens is 3. The molecule has 3 aromatic rings. The van der Waals surface area contributed by atoms with E-state index in [1.807, 2.05) is 24.4 Å². The van der Waals surface area contributed by atoms with Gasteiger partial charge in [0.15, 0.2) is 5.82 Å². The quantitative estimate of drug-likeness (QED) is 0.654. The van der Waals surface area contributed by atoms with Gasteiger partial charge in [-0.25, -0.2) is 9.48 Å². The average molecular weight is 454 g/mol. The van der Waals surface area contributed by atoms with Gasteiger partial charge in [0.25, 0.3) is 0 Å². The summed E-state index contributed by atoms with van der Waals surface area (Å²) in [5.74, 6) is 0.314. The summed E-state index contributed by atoms with van der Waals surface area (Å²) in [6.07, 6.45) is -1.86. The topological polar surface area (TPSA) is 71.2 Å². The Balaban J connectivity index is 1.49. The number of rotatable bonds is 4. The number of halogens is 3. The second-order valence-electron chi connectivity index (χ2n) is 6.84. The minimum absolute atomic E-state index is 0.0863. The molecule has 0 radical (unpaired) electrons. The van der Waals surface area contributed by atoms with Crippen LogP contribution in [0.5, 0.6) is 0 Å². The summed E-state index contributed by atoms with van der Waals surface area (Å²) >= 11 is 2.18. The Kier molecular flexibility index (Phi) is 5.51. The Morgan fingerprint density at radius 3 is 2.73 bits per heavy atom. The molecule has 1 unspecified atom stereocenters. The number of anilines is 1. The van der Waals surface area contributed by atoms with Crippen molar-refractivity contribution in [3.05, 3.63) is 66.5 Å². The van der Waals surface area contributed by atoms with E-state index >= 15 is 0 Å². The van der Waals surface area contributed by atoms with Gasteiger partial charge in [-0.3, -0.25) is 0 Å². The van der Waals surface area contributed by atoms with Crippen molar-refractivity contribution >= 4 is 34.1 Å². The lowest BCUT2D eigenvalue weighted by Gasteiger charge is -2.30. The summed E-state index contributed by atoms with van der Waals surface area (Å²) < 4.78 is 39.2. The van der Waals surface area contributed by atoms with Gasteiger partial charge in [0.1, 0.15) is 4.88 Å². The van der Waals surface area contributed by atoms with E-state index in [2.05, 4.69) is 10.1 Å². The summed E-state index contributed by atoms with van der Waals surface area (Å²) in [6, 6.07) is 4.33. The van der Waals surface area contributed by atoms with Crippen LogP contribution in [-0.4, -0.2) is 39.1 Å². The highest BCUT2D eigenvalue weighted by atomic mass is 32.1. The minimum atomic E-state index is -4.41. The molecule has 1 atom stereocenters. The Hall–Kier alpha value is -2.50. The molecule has 0 bridgehead atoms. The van der Waals surface area contributed by atoms with Crippen molar-refractivity contribution in [2.75, 3.05) is 18.0 Å². The molecule has 30 heavy (non-hydrogen) atoms. The minimum Gasteiger partial charge on any atom is -0.387 e. The van der Waals surface area contributed by atoms with Crippen molar-refractivity contribution in [1.82, 2.24) is 14.8 Å². The molecule has 0 amide bonds. The molecule has 11 heteroatoms. The van der Waals surface area contributed by atoms with E-state index in [1.54, 1.807) is 16.2 Å². The van der Waals surface area contributed by atoms with Crippen molar-refractivity contribution in [2.24, 2.45) is 0 Å². The molecular weight excluding hydrogens is 437 g/mol. The first-order chi connectivity index (χ1) is 14.2. The number of hydrogen-bond acceptors (Lipinski definition) is 7. The molecule has 0 saturated carbocycles. The number of nitrogens with zero attached hydrogens (tertiary/aromatic N) is 4. The number of thiophene rings is 2. The molecule has 158 valence electrons. The molecule has 3 aromatic heterocycles. The van der Waals surface area contributed by atoms with Crippen LogP contribution in [0.3, 0.4) is 0 Å². The van der Waals surface area contributed by atoms with Gasteiger partial charge in [0, 0.05) is 22.8 Å². The average Bonchev–Trinajstić information content (AvgIpc) is 3.32. The fourth-order valence-corrected chi connectivity index (χ4v) is 4.77. The van der Waals surface area contributed by atoms with E-state index in [0.717, 1.165) is 26.8 Å². The van der Waals surface area contributed by atoms with E-state index in [-0.39, 0.29) is 13.1 Å². The molecule has 0 aliphatic carbocycles. The smallest absolute Gasteiger partial charge is 0.387 e. The Labute approximate surface area is 177 Å². The summed E-state index contributed by atoms with van der Waals surface area (Å²) in [5, 5.41) is 16.6. The number of β-amino-alcohol motifs (C(OH)–C–C–N with tert-alkyl or cyclic N) is 1. The van der Waals surface area contributed by atoms with Gasteiger partial charge >= 0.3 is 11.9 Å². The predicted molar refractivity (Wildman–Crippen MR) is 110 cm³/mol. The van der Waals surface area contributed by atoms with E-state index in [0.29, 0.717) is 28.6 Å². The summed E-state index contributed by atoms with van der Waals surface area (Å²) in [5.41, 5.74) is 1.17. The maximum Gasteiger partial charge on any atom is 0.425 e. The second-order valence-corrected chi connectivity index (χ2v) is 9.13. The van der Waals surface area contributed by atoms with Crippen molar-refractivity contribution in [2.45, 2.75) is 25.7 Å². The predicted octanol–water partition coefficient (Wildman–Crippen LogP) is 3.40. The van der Waals surface area contributed by atoms with E-state index in [4.69, 9.17) is 0 Å². The standard InChI is InChI=1S/C19H17F3N4O2S2/c1-11-6-12(10-29-11)14-4-5-25(9-15(14)27)17-7-23-26(18(28)24-17)8-13-2-3-16(30-13)19(20,21)22/h2-4,6-7,10,15,27H,5,8-9H2,1H3. The molecular formula is C19H17F3N4O2S2. The molecule has 0 aromatic carbocycles. The van der Waals surface area contributed by atoms with Crippen LogP contribution < -0.4 is 10.6 Å². The lowest BCUT2D eigenvalue weighted by atomic mass is 9.99. The summed E-state index contributed by atoms with van der Waals surface area (Å²) in [7, 11) is 0. The molecule has 0 spiro atoms. The normalized spacial score (nSPS) is 17.3.